The van der Waals surface area contributed by atoms with Gasteiger partial charge in [-0.1, -0.05) is 23.5 Å². The minimum absolute atomic E-state index is 0.123. The molecule has 0 amide bonds. The van der Waals surface area contributed by atoms with Crippen LogP contribution >= 0.6 is 23.1 Å². The fourth-order valence-electron chi connectivity index (χ4n) is 3.55. The molecule has 26 heavy (non-hydrogen) atoms. The minimum atomic E-state index is -1.13. The molecule has 1 aromatic heterocycles. The van der Waals surface area contributed by atoms with Crippen molar-refractivity contribution in [3.05, 3.63) is 38.3 Å². The molecule has 1 N–H and O–H groups in total. The Morgan fingerprint density at radius 2 is 2.19 bits per heavy atom. The van der Waals surface area contributed by atoms with Crippen LogP contribution in [0.4, 0.5) is 0 Å². The van der Waals surface area contributed by atoms with Gasteiger partial charge in [-0.05, 0) is 6.07 Å². The number of methoxy groups -OCH3 is 2. The smallest absolute Gasteiger partial charge is 0.320 e. The number of thiazole rings is 1. The molecule has 0 spiro atoms. The molecule has 0 saturated heterocycles. The van der Waals surface area contributed by atoms with Gasteiger partial charge < -0.3 is 19.2 Å². The summed E-state index contributed by atoms with van der Waals surface area (Å²) in [6, 6.07) is 5.35. The minimum Gasteiger partial charge on any atom is -0.493 e. The number of H-pyrrole nitrogens is 1. The average Bonchev–Trinajstić information content (AvgIpc) is 3.01. The van der Waals surface area contributed by atoms with E-state index in [1.165, 1.54) is 26.0 Å². The number of aromatic amines is 1. The Morgan fingerprint density at radius 3 is 2.92 bits per heavy atom. The van der Waals surface area contributed by atoms with Crippen molar-refractivity contribution in [2.24, 2.45) is 5.41 Å². The van der Waals surface area contributed by atoms with Gasteiger partial charge in [0, 0.05) is 22.1 Å². The molecular weight excluding hydrogens is 378 g/mol. The first kappa shape index (κ1) is 17.2. The van der Waals surface area contributed by atoms with Gasteiger partial charge in [0.25, 0.3) is 0 Å². The predicted molar refractivity (Wildman–Crippen MR) is 95.2 cm³/mol. The lowest BCUT2D eigenvalue weighted by molar-refractivity contribution is -0.156. The van der Waals surface area contributed by atoms with Crippen LogP contribution in [0.2, 0.25) is 0 Å². The van der Waals surface area contributed by atoms with Gasteiger partial charge in [0.1, 0.15) is 5.41 Å². The Bertz CT molecular complexity index is 964. The fourth-order valence-corrected chi connectivity index (χ4v) is 6.10. The molecule has 0 saturated carbocycles. The first-order chi connectivity index (χ1) is 12.5. The lowest BCUT2D eigenvalue weighted by Gasteiger charge is -2.44. The molecule has 2 aliphatic heterocycles. The van der Waals surface area contributed by atoms with Crippen LogP contribution in [0.1, 0.15) is 22.8 Å². The summed E-state index contributed by atoms with van der Waals surface area (Å²) in [5.74, 6) is -0.404. The summed E-state index contributed by atoms with van der Waals surface area (Å²) in [6.45, 7) is 0. The molecule has 0 aliphatic carbocycles. The monoisotopic (exact) mass is 393 g/mol. The number of ether oxygens (including phenoxy) is 3. The molecule has 7 nitrogen and oxygen atoms in total. The third-order valence-electron chi connectivity index (χ3n) is 4.76. The first-order valence-corrected chi connectivity index (χ1v) is 9.62. The number of fused-ring (bicyclic) bond motifs is 5. The van der Waals surface area contributed by atoms with Crippen molar-refractivity contribution in [3.63, 3.8) is 0 Å². The van der Waals surface area contributed by atoms with Crippen LogP contribution in [0.15, 0.2) is 28.0 Å². The first-order valence-electron chi connectivity index (χ1n) is 7.82. The average molecular weight is 393 g/mol. The molecule has 3 heterocycles. The molecule has 136 valence electrons. The van der Waals surface area contributed by atoms with Crippen molar-refractivity contribution >= 4 is 35.0 Å². The number of carbonyl (C=O) groups excluding carboxylic acids is 2. The maximum atomic E-state index is 13.1. The number of para-hydroxylation sites is 1. The van der Waals surface area contributed by atoms with E-state index < -0.39 is 23.3 Å². The molecule has 0 bridgehead atoms. The van der Waals surface area contributed by atoms with E-state index in [-0.39, 0.29) is 11.3 Å². The second-order valence-electron chi connectivity index (χ2n) is 6.11. The van der Waals surface area contributed by atoms with Crippen LogP contribution < -0.4 is 14.3 Å². The van der Waals surface area contributed by atoms with Crippen LogP contribution in [-0.4, -0.2) is 36.9 Å². The van der Waals surface area contributed by atoms with E-state index in [1.807, 2.05) is 6.07 Å². The van der Waals surface area contributed by atoms with Gasteiger partial charge in [0.2, 0.25) is 0 Å². The van der Waals surface area contributed by atoms with Gasteiger partial charge >= 0.3 is 16.8 Å². The number of thioether (sulfide) groups is 1. The summed E-state index contributed by atoms with van der Waals surface area (Å²) in [5, 5.41) is 0.731. The van der Waals surface area contributed by atoms with Crippen LogP contribution in [0.5, 0.6) is 11.5 Å². The van der Waals surface area contributed by atoms with Crippen molar-refractivity contribution in [1.82, 2.24) is 4.98 Å². The summed E-state index contributed by atoms with van der Waals surface area (Å²) in [4.78, 5) is 40.5. The zero-order chi connectivity index (χ0) is 18.5. The summed E-state index contributed by atoms with van der Waals surface area (Å²) in [6.07, 6.45) is -0.123. The number of carbonyl (C=O) groups is 2. The highest BCUT2D eigenvalue weighted by atomic mass is 32.2. The molecule has 0 fully saturated rings. The van der Waals surface area contributed by atoms with E-state index in [9.17, 15) is 14.4 Å². The lowest BCUT2D eigenvalue weighted by Crippen LogP contribution is -2.49. The maximum absolute atomic E-state index is 13.1. The number of esters is 2. The highest BCUT2D eigenvalue weighted by Gasteiger charge is 2.57. The third kappa shape index (κ3) is 2.38. The fraction of sp³-hybridized carbons (Fsp3) is 0.353. The van der Waals surface area contributed by atoms with Crippen molar-refractivity contribution < 1.29 is 23.8 Å². The number of rotatable bonds is 3. The maximum Gasteiger partial charge on any atom is 0.320 e. The molecule has 2 aromatic rings. The van der Waals surface area contributed by atoms with Crippen molar-refractivity contribution in [1.29, 1.82) is 0 Å². The van der Waals surface area contributed by atoms with E-state index in [0.29, 0.717) is 17.3 Å². The summed E-state index contributed by atoms with van der Waals surface area (Å²) in [7, 11) is 2.78. The molecule has 9 heteroatoms. The normalized spacial score (nSPS) is 23.3. The highest BCUT2D eigenvalue weighted by molar-refractivity contribution is 7.99. The molecule has 2 atom stereocenters. The van der Waals surface area contributed by atoms with Gasteiger partial charge in [-0.25, -0.2) is 0 Å². The quantitative estimate of drug-likeness (QED) is 0.631. The topological polar surface area (TPSA) is 94.7 Å². The zero-order valence-electron chi connectivity index (χ0n) is 14.0. The van der Waals surface area contributed by atoms with Crippen LogP contribution in [0, 0.1) is 5.41 Å². The van der Waals surface area contributed by atoms with E-state index in [1.54, 1.807) is 12.1 Å². The molecule has 2 aliphatic rings. The van der Waals surface area contributed by atoms with Gasteiger partial charge in [0.05, 0.1) is 25.7 Å². The van der Waals surface area contributed by atoms with E-state index in [4.69, 9.17) is 14.2 Å². The summed E-state index contributed by atoms with van der Waals surface area (Å²) >= 11 is 2.41. The third-order valence-corrected chi connectivity index (χ3v) is 7.11. The summed E-state index contributed by atoms with van der Waals surface area (Å²) < 4.78 is 15.8. The molecular formula is C17H15NO6S2. The number of hydrogen-bond donors (Lipinski definition) is 1. The number of aromatic nitrogens is 1. The standard InChI is InChI=1S/C17H15NO6S2/c1-22-9-5-3-4-8-11-13-14(18-16(21)26-13)25-7-17(11,6-10(19)23-2)15(20)24-12(8)9/h3-5,11H,6-7H2,1-2H3,(H,18,21)/t11-,17+/m0/s1. The highest BCUT2D eigenvalue weighted by Crippen LogP contribution is 2.59. The van der Waals surface area contributed by atoms with Crippen LogP contribution in [0.25, 0.3) is 0 Å². The zero-order valence-corrected chi connectivity index (χ0v) is 15.6. The molecule has 0 radical (unpaired) electrons. The van der Waals surface area contributed by atoms with Gasteiger partial charge in [0.15, 0.2) is 11.5 Å². The molecule has 4 rings (SSSR count). The Kier molecular flexibility index (Phi) is 4.07. The number of benzene rings is 1. The Labute approximate surface area is 156 Å². The second kappa shape index (κ2) is 6.17. The van der Waals surface area contributed by atoms with E-state index in [2.05, 4.69) is 4.98 Å². The van der Waals surface area contributed by atoms with E-state index in [0.717, 1.165) is 26.8 Å². The van der Waals surface area contributed by atoms with Gasteiger partial charge in [-0.15, -0.1) is 11.8 Å². The summed E-state index contributed by atoms with van der Waals surface area (Å²) in [5.41, 5.74) is -0.403. The predicted octanol–water partition coefficient (Wildman–Crippen LogP) is 2.15. The molecule has 0 unspecified atom stereocenters. The van der Waals surface area contributed by atoms with Crippen LogP contribution in [-0.2, 0) is 14.3 Å². The SMILES string of the molecule is COC(=O)C[C@@]12CSc3[nH]c(=O)sc3[C@@H]1c1cccc(OC)c1OC2=O. The molecule has 1 aromatic carbocycles. The Balaban J connectivity index is 1.98. The van der Waals surface area contributed by atoms with E-state index >= 15 is 0 Å². The van der Waals surface area contributed by atoms with Gasteiger partial charge in [-0.3, -0.25) is 14.4 Å². The number of nitrogens with one attached hydrogen (secondary N) is 1. The van der Waals surface area contributed by atoms with Gasteiger partial charge in [-0.2, -0.15) is 0 Å². The van der Waals surface area contributed by atoms with Crippen molar-refractivity contribution in [3.8, 4) is 11.5 Å². The Morgan fingerprint density at radius 1 is 1.38 bits per heavy atom. The largest absolute Gasteiger partial charge is 0.493 e. The number of hydrogen-bond acceptors (Lipinski definition) is 8. The second-order valence-corrected chi connectivity index (χ2v) is 8.11. The van der Waals surface area contributed by atoms with Crippen LogP contribution in [0.3, 0.4) is 0 Å². The Hall–Kier alpha value is -2.26. The lowest BCUT2D eigenvalue weighted by atomic mass is 9.68. The van der Waals surface area contributed by atoms with Crippen molar-refractivity contribution in [2.45, 2.75) is 17.4 Å². The van der Waals surface area contributed by atoms with Crippen molar-refractivity contribution in [2.75, 3.05) is 20.0 Å².